The molecule has 3 rings (SSSR count). The van der Waals surface area contributed by atoms with Crippen molar-refractivity contribution in [1.29, 1.82) is 0 Å². The number of fused-ring (bicyclic) bond motifs is 2. The van der Waals surface area contributed by atoms with Gasteiger partial charge in [0.15, 0.2) is 0 Å². The van der Waals surface area contributed by atoms with Crippen LogP contribution < -0.4 is 5.56 Å². The molecule has 0 atom stereocenters. The monoisotopic (exact) mass is 401 g/mol. The number of esters is 1. The van der Waals surface area contributed by atoms with Crippen LogP contribution in [-0.2, 0) is 29.0 Å². The van der Waals surface area contributed by atoms with Crippen LogP contribution >= 0.6 is 22.6 Å². The Bertz CT molecular complexity index is 804. The van der Waals surface area contributed by atoms with Crippen molar-refractivity contribution in [2.45, 2.75) is 33.4 Å². The van der Waals surface area contributed by atoms with E-state index in [1.807, 2.05) is 0 Å². The van der Waals surface area contributed by atoms with E-state index in [1.165, 1.54) is 7.11 Å². The van der Waals surface area contributed by atoms with E-state index in [0.29, 0.717) is 17.6 Å². The standard InChI is InChI=1S/C14H16IN3O3/c1-14(2)4-9-16-12-11(13(20)18(9)7-14)8(15)5-17(12)6-10(19)21-3/h5H,4,6-7H2,1-3H3. The number of aromatic nitrogens is 3. The lowest BCUT2D eigenvalue weighted by molar-refractivity contribution is -0.141. The number of hydrogen-bond donors (Lipinski definition) is 0. The molecule has 1 aliphatic rings. The summed E-state index contributed by atoms with van der Waals surface area (Å²) in [6, 6.07) is 0. The zero-order valence-electron chi connectivity index (χ0n) is 12.1. The Morgan fingerprint density at radius 2 is 2.24 bits per heavy atom. The highest BCUT2D eigenvalue weighted by molar-refractivity contribution is 14.1. The Morgan fingerprint density at radius 3 is 2.90 bits per heavy atom. The van der Waals surface area contributed by atoms with Crippen LogP contribution in [0.5, 0.6) is 0 Å². The molecule has 0 radical (unpaired) electrons. The van der Waals surface area contributed by atoms with Crippen molar-refractivity contribution < 1.29 is 9.53 Å². The summed E-state index contributed by atoms with van der Waals surface area (Å²) in [6.45, 7) is 5.00. The smallest absolute Gasteiger partial charge is 0.325 e. The second kappa shape index (κ2) is 4.82. The van der Waals surface area contributed by atoms with Gasteiger partial charge in [0, 0.05) is 22.7 Å². The van der Waals surface area contributed by atoms with Crippen molar-refractivity contribution in [1.82, 2.24) is 14.1 Å². The Morgan fingerprint density at radius 1 is 1.52 bits per heavy atom. The number of rotatable bonds is 2. The lowest BCUT2D eigenvalue weighted by Gasteiger charge is -2.13. The molecule has 1 aliphatic heterocycles. The zero-order chi connectivity index (χ0) is 15.4. The summed E-state index contributed by atoms with van der Waals surface area (Å²) in [5.74, 6) is 0.434. The number of hydrogen-bond acceptors (Lipinski definition) is 4. The van der Waals surface area contributed by atoms with Gasteiger partial charge in [-0.1, -0.05) is 13.8 Å². The van der Waals surface area contributed by atoms with Crippen molar-refractivity contribution in [2.75, 3.05) is 7.11 Å². The van der Waals surface area contributed by atoms with Gasteiger partial charge in [0.2, 0.25) is 0 Å². The summed E-state index contributed by atoms with van der Waals surface area (Å²) in [7, 11) is 1.35. The van der Waals surface area contributed by atoms with Crippen LogP contribution in [0.4, 0.5) is 0 Å². The summed E-state index contributed by atoms with van der Waals surface area (Å²) in [4.78, 5) is 28.8. The molecule has 0 N–H and O–H groups in total. The second-order valence-electron chi connectivity index (χ2n) is 6.14. The third kappa shape index (κ3) is 2.37. The predicted molar refractivity (Wildman–Crippen MR) is 86.2 cm³/mol. The van der Waals surface area contributed by atoms with Crippen molar-refractivity contribution in [3.8, 4) is 0 Å². The zero-order valence-corrected chi connectivity index (χ0v) is 14.3. The summed E-state index contributed by atoms with van der Waals surface area (Å²) in [5.41, 5.74) is 0.587. The molecular weight excluding hydrogens is 385 g/mol. The topological polar surface area (TPSA) is 66.1 Å². The third-order valence-electron chi connectivity index (χ3n) is 3.76. The molecule has 0 unspecified atom stereocenters. The molecule has 0 aliphatic carbocycles. The highest BCUT2D eigenvalue weighted by atomic mass is 127. The number of halogens is 1. The first-order chi connectivity index (χ1) is 9.82. The summed E-state index contributed by atoms with van der Waals surface area (Å²) < 4.78 is 8.95. The Hall–Kier alpha value is -1.38. The number of methoxy groups -OCH3 is 1. The maximum absolute atomic E-state index is 12.7. The van der Waals surface area contributed by atoms with Crippen molar-refractivity contribution in [3.05, 3.63) is 25.9 Å². The van der Waals surface area contributed by atoms with Crippen LogP contribution in [0, 0.1) is 8.99 Å². The fourth-order valence-corrected chi connectivity index (χ4v) is 3.61. The quantitative estimate of drug-likeness (QED) is 0.566. The lowest BCUT2D eigenvalue weighted by atomic mass is 9.92. The molecule has 2 aromatic heterocycles. The van der Waals surface area contributed by atoms with Gasteiger partial charge in [0.25, 0.3) is 5.56 Å². The minimum Gasteiger partial charge on any atom is -0.468 e. The first-order valence-electron chi connectivity index (χ1n) is 6.67. The van der Waals surface area contributed by atoms with Crippen molar-refractivity contribution >= 4 is 39.6 Å². The van der Waals surface area contributed by atoms with E-state index >= 15 is 0 Å². The maximum atomic E-state index is 12.7. The third-order valence-corrected chi connectivity index (χ3v) is 4.58. The van der Waals surface area contributed by atoms with Gasteiger partial charge in [0.1, 0.15) is 18.0 Å². The van der Waals surface area contributed by atoms with Gasteiger partial charge in [-0.15, -0.1) is 0 Å². The summed E-state index contributed by atoms with van der Waals surface area (Å²) in [6.07, 6.45) is 2.54. The minimum absolute atomic E-state index is 0.0198. The van der Waals surface area contributed by atoms with Crippen molar-refractivity contribution in [3.63, 3.8) is 0 Å². The molecule has 2 aromatic rings. The van der Waals surface area contributed by atoms with Crippen LogP contribution in [0.3, 0.4) is 0 Å². The first kappa shape index (κ1) is 14.6. The predicted octanol–water partition coefficient (Wildman–Crippen LogP) is 1.56. The van der Waals surface area contributed by atoms with E-state index in [9.17, 15) is 9.59 Å². The van der Waals surface area contributed by atoms with Crippen molar-refractivity contribution in [2.24, 2.45) is 5.41 Å². The SMILES string of the molecule is COC(=O)Cn1cc(I)c2c(=O)n3c(nc21)CC(C)(C)C3. The largest absolute Gasteiger partial charge is 0.468 e. The van der Waals surface area contributed by atoms with Crippen LogP contribution in [0.15, 0.2) is 11.0 Å². The highest BCUT2D eigenvalue weighted by Gasteiger charge is 2.32. The molecule has 6 nitrogen and oxygen atoms in total. The van der Waals surface area contributed by atoms with Crippen LogP contribution in [0.2, 0.25) is 0 Å². The molecule has 7 heteroatoms. The first-order valence-corrected chi connectivity index (χ1v) is 7.75. The summed E-state index contributed by atoms with van der Waals surface area (Å²) in [5, 5.41) is 0.584. The van der Waals surface area contributed by atoms with Crippen LogP contribution in [0.1, 0.15) is 19.7 Å². The number of carbonyl (C=O) groups excluding carboxylic acids is 1. The van der Waals surface area contributed by atoms with Gasteiger partial charge in [-0.05, 0) is 28.0 Å². The molecule has 0 amide bonds. The van der Waals surface area contributed by atoms with Crippen LogP contribution in [0.25, 0.3) is 11.0 Å². The Balaban J connectivity index is 2.22. The Labute approximate surface area is 135 Å². The van der Waals surface area contributed by atoms with E-state index in [0.717, 1.165) is 15.8 Å². The molecule has 3 heterocycles. The van der Waals surface area contributed by atoms with E-state index in [4.69, 9.17) is 4.74 Å². The molecule has 0 aromatic carbocycles. The highest BCUT2D eigenvalue weighted by Crippen LogP contribution is 2.30. The Kier molecular flexibility index (Phi) is 3.34. The van der Waals surface area contributed by atoms with Gasteiger partial charge in [-0.25, -0.2) is 4.98 Å². The fourth-order valence-electron chi connectivity index (χ4n) is 2.80. The van der Waals surface area contributed by atoms with Gasteiger partial charge in [0.05, 0.1) is 12.5 Å². The molecule has 0 saturated carbocycles. The van der Waals surface area contributed by atoms with Gasteiger partial charge >= 0.3 is 5.97 Å². The molecule has 21 heavy (non-hydrogen) atoms. The molecule has 0 fully saturated rings. The molecule has 112 valence electrons. The second-order valence-corrected chi connectivity index (χ2v) is 7.30. The molecular formula is C14H16IN3O3. The van der Waals surface area contributed by atoms with E-state index in [1.54, 1.807) is 15.3 Å². The summed E-state index contributed by atoms with van der Waals surface area (Å²) >= 11 is 2.11. The molecule has 0 spiro atoms. The average molecular weight is 401 g/mol. The van der Waals surface area contributed by atoms with Gasteiger partial charge in [-0.3, -0.25) is 14.2 Å². The molecule has 0 saturated heterocycles. The number of ether oxygens (including phenoxy) is 1. The van der Waals surface area contributed by atoms with E-state index in [-0.39, 0.29) is 23.5 Å². The normalized spacial score (nSPS) is 16.2. The maximum Gasteiger partial charge on any atom is 0.325 e. The minimum atomic E-state index is -0.356. The lowest BCUT2D eigenvalue weighted by Crippen LogP contribution is -2.23. The van der Waals surface area contributed by atoms with Gasteiger partial charge < -0.3 is 9.30 Å². The van der Waals surface area contributed by atoms with Crippen LogP contribution in [-0.4, -0.2) is 27.2 Å². The average Bonchev–Trinajstić information content (AvgIpc) is 2.87. The number of carbonyl (C=O) groups is 1. The van der Waals surface area contributed by atoms with Gasteiger partial charge in [-0.2, -0.15) is 0 Å². The number of nitrogens with zero attached hydrogens (tertiary/aromatic N) is 3. The van der Waals surface area contributed by atoms with E-state index in [2.05, 4.69) is 41.4 Å². The fraction of sp³-hybridized carbons (Fsp3) is 0.500. The van der Waals surface area contributed by atoms with E-state index < -0.39 is 0 Å². The molecule has 0 bridgehead atoms.